The Balaban J connectivity index is 2.14. The van der Waals surface area contributed by atoms with Crippen LogP contribution in [0.2, 0.25) is 0 Å². The Labute approximate surface area is 149 Å². The van der Waals surface area contributed by atoms with E-state index in [2.05, 4.69) is 17.5 Å². The Kier molecular flexibility index (Phi) is 10.9. The lowest BCUT2D eigenvalue weighted by molar-refractivity contribution is -0.385. The van der Waals surface area contributed by atoms with Crippen molar-refractivity contribution in [3.05, 3.63) is 39.9 Å². The number of hydrogen-bond acceptors (Lipinski definition) is 4. The van der Waals surface area contributed by atoms with E-state index in [4.69, 9.17) is 0 Å². The van der Waals surface area contributed by atoms with E-state index in [0.29, 0.717) is 12.0 Å². The van der Waals surface area contributed by atoms with Crippen molar-refractivity contribution in [1.29, 1.82) is 0 Å². The Morgan fingerprint density at radius 3 is 2.32 bits per heavy atom. The number of hydrogen-bond donors (Lipinski definition) is 1. The number of hydrazone groups is 1. The average molecular weight is 347 g/mol. The van der Waals surface area contributed by atoms with Crippen LogP contribution in [0.3, 0.4) is 0 Å². The van der Waals surface area contributed by atoms with Gasteiger partial charge in [-0.05, 0) is 12.5 Å². The van der Waals surface area contributed by atoms with Gasteiger partial charge in [0.05, 0.1) is 16.7 Å². The molecular formula is C19H29N3O3. The highest BCUT2D eigenvalue weighted by atomic mass is 16.6. The molecule has 0 atom stereocenters. The topological polar surface area (TPSA) is 84.6 Å². The zero-order valence-corrected chi connectivity index (χ0v) is 15.1. The standard InChI is InChI=1S/C19H29N3O3/c1-2-3-4-5-6-7-8-9-10-15-19(23)21-20-16-17-13-11-12-14-18(17)22(24)25/h11-14,16H,2-10,15H2,1H3,(H,21,23). The van der Waals surface area contributed by atoms with Crippen LogP contribution in [0.15, 0.2) is 29.4 Å². The van der Waals surface area contributed by atoms with Gasteiger partial charge in [0.15, 0.2) is 0 Å². The summed E-state index contributed by atoms with van der Waals surface area (Å²) in [7, 11) is 0. The zero-order valence-electron chi connectivity index (χ0n) is 15.1. The lowest BCUT2D eigenvalue weighted by Crippen LogP contribution is -2.17. The molecule has 1 rings (SSSR count). The molecule has 0 spiro atoms. The number of para-hydroxylation sites is 1. The SMILES string of the molecule is CCCCCCCCCCCC(=O)NN=Cc1ccccc1[N+](=O)[O-]. The van der Waals surface area contributed by atoms with Crippen molar-refractivity contribution in [2.45, 2.75) is 71.1 Å². The molecule has 0 aliphatic heterocycles. The van der Waals surface area contributed by atoms with Gasteiger partial charge in [-0.3, -0.25) is 14.9 Å². The number of carbonyl (C=O) groups excluding carboxylic acids is 1. The highest BCUT2D eigenvalue weighted by Crippen LogP contribution is 2.15. The van der Waals surface area contributed by atoms with Crippen molar-refractivity contribution in [2.24, 2.45) is 5.10 Å². The highest BCUT2D eigenvalue weighted by molar-refractivity contribution is 5.86. The molecule has 1 amide bonds. The number of amides is 1. The molecule has 0 saturated heterocycles. The maximum absolute atomic E-state index is 11.7. The van der Waals surface area contributed by atoms with Crippen LogP contribution in [-0.4, -0.2) is 17.0 Å². The molecule has 1 aromatic rings. The van der Waals surface area contributed by atoms with Crippen molar-refractivity contribution < 1.29 is 9.72 Å². The third-order valence-corrected chi connectivity index (χ3v) is 4.03. The summed E-state index contributed by atoms with van der Waals surface area (Å²) in [6, 6.07) is 6.29. The first kappa shape index (κ1) is 20.8. The van der Waals surface area contributed by atoms with E-state index in [1.165, 1.54) is 57.2 Å². The highest BCUT2D eigenvalue weighted by Gasteiger charge is 2.09. The summed E-state index contributed by atoms with van der Waals surface area (Å²) >= 11 is 0. The van der Waals surface area contributed by atoms with Gasteiger partial charge in [-0.25, -0.2) is 5.43 Å². The van der Waals surface area contributed by atoms with Gasteiger partial charge in [-0.15, -0.1) is 0 Å². The first-order valence-corrected chi connectivity index (χ1v) is 9.20. The predicted octanol–water partition coefficient (Wildman–Crippen LogP) is 4.97. The number of rotatable bonds is 13. The molecule has 1 N–H and O–H groups in total. The number of unbranched alkanes of at least 4 members (excludes halogenated alkanes) is 8. The molecule has 0 bridgehead atoms. The molecule has 6 nitrogen and oxygen atoms in total. The molecular weight excluding hydrogens is 318 g/mol. The van der Waals surface area contributed by atoms with Crippen molar-refractivity contribution in [3.8, 4) is 0 Å². The smallest absolute Gasteiger partial charge is 0.273 e. The summed E-state index contributed by atoms with van der Waals surface area (Å²) in [5.41, 5.74) is 2.77. The van der Waals surface area contributed by atoms with E-state index in [1.54, 1.807) is 18.2 Å². The second-order valence-corrected chi connectivity index (χ2v) is 6.19. The van der Waals surface area contributed by atoms with Crippen LogP contribution >= 0.6 is 0 Å². The van der Waals surface area contributed by atoms with Crippen molar-refractivity contribution >= 4 is 17.8 Å². The summed E-state index contributed by atoms with van der Waals surface area (Å²) in [4.78, 5) is 22.1. The van der Waals surface area contributed by atoms with Gasteiger partial charge in [0.25, 0.3) is 5.69 Å². The predicted molar refractivity (Wildman–Crippen MR) is 101 cm³/mol. The van der Waals surface area contributed by atoms with E-state index in [1.807, 2.05) is 0 Å². The number of nitro groups is 1. The van der Waals surface area contributed by atoms with Crippen molar-refractivity contribution in [1.82, 2.24) is 5.43 Å². The second-order valence-electron chi connectivity index (χ2n) is 6.19. The molecule has 0 aliphatic carbocycles. The fourth-order valence-corrected chi connectivity index (χ4v) is 2.59. The summed E-state index contributed by atoms with van der Waals surface area (Å²) in [6.07, 6.45) is 12.6. The Morgan fingerprint density at radius 2 is 1.68 bits per heavy atom. The molecule has 0 heterocycles. The zero-order chi connectivity index (χ0) is 18.3. The molecule has 0 aromatic heterocycles. The lowest BCUT2D eigenvalue weighted by atomic mass is 10.1. The van der Waals surface area contributed by atoms with Gasteiger partial charge in [0.2, 0.25) is 5.91 Å². The molecule has 138 valence electrons. The van der Waals surface area contributed by atoms with Gasteiger partial charge in [0, 0.05) is 12.5 Å². The van der Waals surface area contributed by atoms with Crippen LogP contribution in [-0.2, 0) is 4.79 Å². The van der Waals surface area contributed by atoms with Gasteiger partial charge < -0.3 is 0 Å². The lowest BCUT2D eigenvalue weighted by Gasteiger charge is -2.02. The fraction of sp³-hybridized carbons (Fsp3) is 0.579. The quantitative estimate of drug-likeness (QED) is 0.237. The van der Waals surface area contributed by atoms with Crippen molar-refractivity contribution in [2.75, 3.05) is 0 Å². The number of nitro benzene ring substituents is 1. The molecule has 0 saturated carbocycles. The van der Waals surface area contributed by atoms with E-state index in [9.17, 15) is 14.9 Å². The number of nitrogens with one attached hydrogen (secondary N) is 1. The summed E-state index contributed by atoms with van der Waals surface area (Å²) in [5.74, 6) is -0.155. The summed E-state index contributed by atoms with van der Waals surface area (Å²) in [5, 5.41) is 14.7. The normalized spacial score (nSPS) is 10.9. The van der Waals surface area contributed by atoms with Gasteiger partial charge in [-0.2, -0.15) is 5.10 Å². The maximum Gasteiger partial charge on any atom is 0.278 e. The Bertz CT molecular complexity index is 559. The maximum atomic E-state index is 11.7. The summed E-state index contributed by atoms with van der Waals surface area (Å²) in [6.45, 7) is 2.22. The summed E-state index contributed by atoms with van der Waals surface area (Å²) < 4.78 is 0. The molecule has 0 unspecified atom stereocenters. The van der Waals surface area contributed by atoms with Crippen LogP contribution < -0.4 is 5.43 Å². The first-order chi connectivity index (χ1) is 12.1. The van der Waals surface area contributed by atoms with E-state index < -0.39 is 4.92 Å². The van der Waals surface area contributed by atoms with Crippen LogP contribution in [0, 0.1) is 10.1 Å². The number of nitrogens with zero attached hydrogens (tertiary/aromatic N) is 2. The number of carbonyl (C=O) groups is 1. The largest absolute Gasteiger partial charge is 0.278 e. The van der Waals surface area contributed by atoms with Gasteiger partial charge in [-0.1, -0.05) is 70.4 Å². The van der Waals surface area contributed by atoms with Crippen LogP contribution in [0.25, 0.3) is 0 Å². The van der Waals surface area contributed by atoms with Gasteiger partial charge in [0.1, 0.15) is 0 Å². The molecule has 1 aromatic carbocycles. The third kappa shape index (κ3) is 9.59. The van der Waals surface area contributed by atoms with E-state index in [-0.39, 0.29) is 11.6 Å². The molecule has 0 radical (unpaired) electrons. The van der Waals surface area contributed by atoms with Crippen LogP contribution in [0.1, 0.15) is 76.7 Å². The second kappa shape index (κ2) is 13.1. The van der Waals surface area contributed by atoms with Gasteiger partial charge >= 0.3 is 0 Å². The van der Waals surface area contributed by atoms with Crippen molar-refractivity contribution in [3.63, 3.8) is 0 Å². The minimum absolute atomic E-state index is 0.0283. The monoisotopic (exact) mass is 347 g/mol. The molecule has 0 fully saturated rings. The minimum atomic E-state index is -0.467. The Morgan fingerprint density at radius 1 is 1.08 bits per heavy atom. The average Bonchev–Trinajstić information content (AvgIpc) is 2.60. The first-order valence-electron chi connectivity index (χ1n) is 9.20. The Hall–Kier alpha value is -2.24. The van der Waals surface area contributed by atoms with E-state index >= 15 is 0 Å². The minimum Gasteiger partial charge on any atom is -0.273 e. The number of benzene rings is 1. The van der Waals surface area contributed by atoms with Crippen LogP contribution in [0.5, 0.6) is 0 Å². The molecule has 0 aliphatic rings. The third-order valence-electron chi connectivity index (χ3n) is 4.03. The molecule has 25 heavy (non-hydrogen) atoms. The fourth-order valence-electron chi connectivity index (χ4n) is 2.59. The van der Waals surface area contributed by atoms with Crippen LogP contribution in [0.4, 0.5) is 5.69 Å². The van der Waals surface area contributed by atoms with E-state index in [0.717, 1.165) is 12.8 Å². The molecule has 6 heteroatoms.